The van der Waals surface area contributed by atoms with Gasteiger partial charge in [-0.2, -0.15) is 5.10 Å². The number of hydrogen-bond acceptors (Lipinski definition) is 3. The van der Waals surface area contributed by atoms with E-state index in [1.54, 1.807) is 11.0 Å². The van der Waals surface area contributed by atoms with Crippen molar-refractivity contribution in [2.45, 2.75) is 20.4 Å². The molecule has 0 saturated heterocycles. The van der Waals surface area contributed by atoms with Gasteiger partial charge in [-0.3, -0.25) is 0 Å². The van der Waals surface area contributed by atoms with Gasteiger partial charge in [-0.1, -0.05) is 26.0 Å². The third-order valence-electron chi connectivity index (χ3n) is 2.50. The molecule has 2 aromatic rings. The van der Waals surface area contributed by atoms with Crippen molar-refractivity contribution in [3.63, 3.8) is 0 Å². The first-order chi connectivity index (χ1) is 8.25. The van der Waals surface area contributed by atoms with Crippen LogP contribution in [0.2, 0.25) is 0 Å². The second-order valence-corrected chi connectivity index (χ2v) is 4.53. The molecule has 17 heavy (non-hydrogen) atoms. The highest BCUT2D eigenvalue weighted by molar-refractivity contribution is 5.33. The quantitative estimate of drug-likeness (QED) is 0.854. The van der Waals surface area contributed by atoms with Gasteiger partial charge in [0.1, 0.15) is 12.7 Å². The molecular formula is C13H18N4. The average molecular weight is 230 g/mol. The molecule has 1 N–H and O–H groups in total. The van der Waals surface area contributed by atoms with Gasteiger partial charge in [0.2, 0.25) is 0 Å². The van der Waals surface area contributed by atoms with Crippen LogP contribution in [0.1, 0.15) is 19.4 Å². The van der Waals surface area contributed by atoms with Crippen LogP contribution in [0.15, 0.2) is 36.9 Å². The molecule has 0 aliphatic heterocycles. The molecule has 4 nitrogen and oxygen atoms in total. The Balaban J connectivity index is 1.94. The zero-order chi connectivity index (χ0) is 12.1. The fraction of sp³-hybridized carbons (Fsp3) is 0.385. The van der Waals surface area contributed by atoms with Crippen LogP contribution in [0.4, 0.5) is 0 Å². The van der Waals surface area contributed by atoms with Crippen LogP contribution in [0.3, 0.4) is 0 Å². The van der Waals surface area contributed by atoms with E-state index in [-0.39, 0.29) is 0 Å². The molecule has 1 aromatic heterocycles. The first-order valence-corrected chi connectivity index (χ1v) is 5.90. The number of nitrogens with one attached hydrogen (secondary N) is 1. The van der Waals surface area contributed by atoms with Crippen LogP contribution >= 0.6 is 0 Å². The molecule has 1 aromatic carbocycles. The Bertz CT molecular complexity index is 431. The topological polar surface area (TPSA) is 42.7 Å². The highest BCUT2D eigenvalue weighted by Crippen LogP contribution is 2.07. The van der Waals surface area contributed by atoms with Crippen molar-refractivity contribution in [2.24, 2.45) is 5.92 Å². The van der Waals surface area contributed by atoms with E-state index in [0.717, 1.165) is 18.8 Å². The van der Waals surface area contributed by atoms with Crippen LogP contribution in [-0.4, -0.2) is 21.3 Å². The molecule has 0 atom stereocenters. The Morgan fingerprint density at radius 3 is 2.59 bits per heavy atom. The van der Waals surface area contributed by atoms with Crippen LogP contribution in [0.5, 0.6) is 0 Å². The summed E-state index contributed by atoms with van der Waals surface area (Å²) in [5.41, 5.74) is 2.32. The lowest BCUT2D eigenvalue weighted by Gasteiger charge is -2.08. The Morgan fingerprint density at radius 1 is 1.24 bits per heavy atom. The van der Waals surface area contributed by atoms with E-state index in [1.165, 1.54) is 11.9 Å². The van der Waals surface area contributed by atoms with Crippen LogP contribution in [0, 0.1) is 5.92 Å². The van der Waals surface area contributed by atoms with Gasteiger partial charge in [0.25, 0.3) is 0 Å². The molecule has 0 radical (unpaired) electrons. The summed E-state index contributed by atoms with van der Waals surface area (Å²) in [5, 5.41) is 7.51. The zero-order valence-electron chi connectivity index (χ0n) is 10.3. The smallest absolute Gasteiger partial charge is 0.138 e. The van der Waals surface area contributed by atoms with E-state index < -0.39 is 0 Å². The molecule has 0 amide bonds. The van der Waals surface area contributed by atoms with Gasteiger partial charge in [-0.05, 0) is 30.2 Å². The Kier molecular flexibility index (Phi) is 3.88. The first-order valence-electron chi connectivity index (χ1n) is 5.90. The molecule has 0 unspecified atom stereocenters. The first kappa shape index (κ1) is 11.8. The van der Waals surface area contributed by atoms with Crippen molar-refractivity contribution in [1.29, 1.82) is 0 Å². The van der Waals surface area contributed by atoms with Crippen LogP contribution < -0.4 is 5.32 Å². The lowest BCUT2D eigenvalue weighted by molar-refractivity contribution is 0.552. The fourth-order valence-corrected chi connectivity index (χ4v) is 1.61. The molecule has 0 aliphatic carbocycles. The van der Waals surface area contributed by atoms with Gasteiger partial charge >= 0.3 is 0 Å². The van der Waals surface area contributed by atoms with Gasteiger partial charge in [0.15, 0.2) is 0 Å². The van der Waals surface area contributed by atoms with Crippen molar-refractivity contribution < 1.29 is 0 Å². The minimum Gasteiger partial charge on any atom is -0.312 e. The van der Waals surface area contributed by atoms with E-state index in [9.17, 15) is 0 Å². The highest BCUT2D eigenvalue weighted by atomic mass is 15.3. The molecule has 4 heteroatoms. The standard InChI is InChI=1S/C13H18N4/c1-11(2)7-14-8-12-3-5-13(6-4-12)17-10-15-9-16-17/h3-6,9-11,14H,7-8H2,1-2H3. The third kappa shape index (κ3) is 3.39. The summed E-state index contributed by atoms with van der Waals surface area (Å²) in [6.07, 6.45) is 3.24. The van der Waals surface area contributed by atoms with Crippen molar-refractivity contribution in [1.82, 2.24) is 20.1 Å². The maximum atomic E-state index is 4.09. The van der Waals surface area contributed by atoms with Gasteiger partial charge in [0, 0.05) is 6.54 Å². The molecule has 0 spiro atoms. The van der Waals surface area contributed by atoms with Gasteiger partial charge < -0.3 is 5.32 Å². The summed E-state index contributed by atoms with van der Waals surface area (Å²) in [7, 11) is 0. The molecule has 0 fully saturated rings. The van der Waals surface area contributed by atoms with E-state index in [0.29, 0.717) is 5.92 Å². The SMILES string of the molecule is CC(C)CNCc1ccc(-n2cncn2)cc1. The second-order valence-electron chi connectivity index (χ2n) is 4.53. The lowest BCUT2D eigenvalue weighted by atomic mass is 10.2. The van der Waals surface area contributed by atoms with Crippen LogP contribution in [-0.2, 0) is 6.54 Å². The Morgan fingerprint density at radius 2 is 2.00 bits per heavy atom. The maximum Gasteiger partial charge on any atom is 0.138 e. The zero-order valence-corrected chi connectivity index (χ0v) is 10.3. The Labute approximate surface area is 102 Å². The predicted octanol–water partition coefficient (Wildman–Crippen LogP) is 2.01. The average Bonchev–Trinajstić information content (AvgIpc) is 2.83. The van der Waals surface area contributed by atoms with Gasteiger partial charge in [-0.15, -0.1) is 0 Å². The van der Waals surface area contributed by atoms with E-state index >= 15 is 0 Å². The molecule has 90 valence electrons. The summed E-state index contributed by atoms with van der Waals surface area (Å²) in [6, 6.07) is 8.34. The molecule has 2 rings (SSSR count). The van der Waals surface area contributed by atoms with Crippen molar-refractivity contribution in [2.75, 3.05) is 6.54 Å². The third-order valence-corrected chi connectivity index (χ3v) is 2.50. The van der Waals surface area contributed by atoms with Gasteiger partial charge in [-0.25, -0.2) is 9.67 Å². The number of hydrogen-bond donors (Lipinski definition) is 1. The maximum absolute atomic E-state index is 4.09. The van der Waals surface area contributed by atoms with E-state index in [4.69, 9.17) is 0 Å². The molecule has 1 heterocycles. The highest BCUT2D eigenvalue weighted by Gasteiger charge is 1.98. The number of benzene rings is 1. The minimum absolute atomic E-state index is 0.685. The fourth-order valence-electron chi connectivity index (χ4n) is 1.61. The number of aromatic nitrogens is 3. The largest absolute Gasteiger partial charge is 0.312 e. The Hall–Kier alpha value is -1.68. The monoisotopic (exact) mass is 230 g/mol. The number of nitrogens with zero attached hydrogens (tertiary/aromatic N) is 3. The van der Waals surface area contributed by atoms with Gasteiger partial charge in [0.05, 0.1) is 5.69 Å². The van der Waals surface area contributed by atoms with Crippen molar-refractivity contribution in [3.8, 4) is 5.69 Å². The normalized spacial score (nSPS) is 11.0. The lowest BCUT2D eigenvalue weighted by Crippen LogP contribution is -2.18. The molecular weight excluding hydrogens is 212 g/mol. The van der Waals surface area contributed by atoms with E-state index in [2.05, 4.69) is 53.5 Å². The summed E-state index contributed by atoms with van der Waals surface area (Å²) < 4.78 is 1.76. The van der Waals surface area contributed by atoms with Crippen molar-refractivity contribution in [3.05, 3.63) is 42.5 Å². The summed E-state index contributed by atoms with van der Waals surface area (Å²) in [5.74, 6) is 0.685. The molecule has 0 aliphatic rings. The molecule has 0 saturated carbocycles. The van der Waals surface area contributed by atoms with Crippen molar-refractivity contribution >= 4 is 0 Å². The summed E-state index contributed by atoms with van der Waals surface area (Å²) >= 11 is 0. The van der Waals surface area contributed by atoms with Crippen LogP contribution in [0.25, 0.3) is 5.69 Å². The van der Waals surface area contributed by atoms with E-state index in [1.807, 2.05) is 0 Å². The second kappa shape index (κ2) is 5.59. The summed E-state index contributed by atoms with van der Waals surface area (Å²) in [4.78, 5) is 3.93. The minimum atomic E-state index is 0.685. The predicted molar refractivity (Wildman–Crippen MR) is 67.9 cm³/mol. The molecule has 0 bridgehead atoms. The summed E-state index contributed by atoms with van der Waals surface area (Å²) in [6.45, 7) is 6.38. The number of rotatable bonds is 5.